The average molecular weight is 564 g/mol. The number of β-amino-alcohol motifs (C(OH)–C–C–N with tert-alkyl or cyclic N) is 1. The van der Waals surface area contributed by atoms with E-state index in [1.54, 1.807) is 22.2 Å². The smallest absolute Gasteiger partial charge is 0.227 e. The van der Waals surface area contributed by atoms with E-state index >= 15 is 0 Å². The van der Waals surface area contributed by atoms with Gasteiger partial charge in [-0.2, -0.15) is 10.1 Å². The molecule has 2 aliphatic rings. The number of aryl methyl sites for hydroxylation is 2. The van der Waals surface area contributed by atoms with Crippen molar-refractivity contribution in [2.24, 2.45) is 7.05 Å². The van der Waals surface area contributed by atoms with Gasteiger partial charge in [0, 0.05) is 80.1 Å². The summed E-state index contributed by atoms with van der Waals surface area (Å²) in [6.45, 7) is 4.74. The van der Waals surface area contributed by atoms with E-state index < -0.39 is 0 Å². The Hall–Kier alpha value is -4.37. The standard InChI is InChI=1S/C30H29N9OS/c1-19-10-28(36-30(33-19)39-18-23-12-24(39)17-38(23)8-9-40)35-27-13-25-26(15-31-27)41-29(34-25)22-5-3-4-20(11-22)6-7-21-14-32-37(2)16-21/h3-5,10-11,13-16,23-24,40H,8-9,12,17-18H2,1-2H3,(H,31,33,35,36)/t23-,24-/m0/s1. The van der Waals surface area contributed by atoms with Crippen molar-refractivity contribution >= 4 is 39.1 Å². The second-order valence-electron chi connectivity index (χ2n) is 10.5. The van der Waals surface area contributed by atoms with Crippen molar-refractivity contribution in [3.8, 4) is 22.4 Å². The quantitative estimate of drug-likeness (QED) is 0.300. The summed E-state index contributed by atoms with van der Waals surface area (Å²) in [5, 5.41) is 17.8. The number of aliphatic hydroxyl groups excluding tert-OH is 1. The van der Waals surface area contributed by atoms with Crippen LogP contribution in [0.1, 0.15) is 23.2 Å². The molecule has 0 aliphatic carbocycles. The normalized spacial score (nSPS) is 18.2. The molecule has 4 aromatic heterocycles. The molecule has 5 aromatic rings. The van der Waals surface area contributed by atoms with Gasteiger partial charge in [-0.15, -0.1) is 11.3 Å². The van der Waals surface area contributed by atoms with Crippen LogP contribution in [0, 0.1) is 18.8 Å². The molecule has 0 saturated carbocycles. The number of rotatable bonds is 6. The van der Waals surface area contributed by atoms with Crippen molar-refractivity contribution in [1.82, 2.24) is 34.6 Å². The molecule has 0 unspecified atom stereocenters. The Morgan fingerprint density at radius 2 is 1.93 bits per heavy atom. The van der Waals surface area contributed by atoms with Gasteiger partial charge in [0.25, 0.3) is 0 Å². The highest BCUT2D eigenvalue weighted by atomic mass is 32.1. The molecule has 1 aromatic carbocycles. The fourth-order valence-corrected chi connectivity index (χ4v) is 6.57. The fourth-order valence-electron chi connectivity index (χ4n) is 5.66. The Labute approximate surface area is 241 Å². The number of likely N-dealkylation sites (tertiary alicyclic amines) is 1. The lowest BCUT2D eigenvalue weighted by molar-refractivity contribution is 0.176. The number of pyridine rings is 1. The van der Waals surface area contributed by atoms with Gasteiger partial charge in [0.05, 0.1) is 28.6 Å². The monoisotopic (exact) mass is 563 g/mol. The average Bonchev–Trinajstić information content (AvgIpc) is 3.76. The van der Waals surface area contributed by atoms with Crippen molar-refractivity contribution in [1.29, 1.82) is 0 Å². The molecule has 2 aliphatic heterocycles. The Kier molecular flexibility index (Phi) is 6.59. The van der Waals surface area contributed by atoms with Crippen molar-refractivity contribution < 1.29 is 5.11 Å². The van der Waals surface area contributed by atoms with Crippen LogP contribution in [0.5, 0.6) is 0 Å². The molecule has 2 bridgehead atoms. The summed E-state index contributed by atoms with van der Waals surface area (Å²) in [7, 11) is 1.88. The Morgan fingerprint density at radius 1 is 1.02 bits per heavy atom. The summed E-state index contributed by atoms with van der Waals surface area (Å²) in [6, 6.07) is 12.8. The van der Waals surface area contributed by atoms with Gasteiger partial charge in [-0.25, -0.2) is 15.0 Å². The molecule has 0 spiro atoms. The largest absolute Gasteiger partial charge is 0.395 e. The number of piperazine rings is 1. The summed E-state index contributed by atoms with van der Waals surface area (Å²) < 4.78 is 2.76. The SMILES string of the molecule is Cc1cc(Nc2cc3nc(-c4cccc(C#Cc5cnn(C)c5)c4)sc3cn2)nc(N2C[C@@H]3C[C@H]2CN3CCO)n1. The first-order valence-corrected chi connectivity index (χ1v) is 14.4. The highest BCUT2D eigenvalue weighted by Crippen LogP contribution is 2.34. The number of fused-ring (bicyclic) bond motifs is 3. The topological polar surface area (TPSA) is 108 Å². The van der Waals surface area contributed by atoms with Crippen LogP contribution in [-0.4, -0.2) is 78.0 Å². The predicted molar refractivity (Wildman–Crippen MR) is 160 cm³/mol. The van der Waals surface area contributed by atoms with Gasteiger partial charge in [-0.1, -0.05) is 24.0 Å². The number of hydrogen-bond donors (Lipinski definition) is 2. The van der Waals surface area contributed by atoms with E-state index in [0.717, 1.165) is 69.6 Å². The summed E-state index contributed by atoms with van der Waals surface area (Å²) in [6.07, 6.45) is 6.60. The fraction of sp³-hybridized carbons (Fsp3) is 0.300. The van der Waals surface area contributed by atoms with E-state index in [1.165, 1.54) is 0 Å². The zero-order valence-corrected chi connectivity index (χ0v) is 23.6. The number of hydrogen-bond acceptors (Lipinski definition) is 10. The van der Waals surface area contributed by atoms with Crippen LogP contribution in [0.15, 0.2) is 55.0 Å². The lowest BCUT2D eigenvalue weighted by Crippen LogP contribution is -2.47. The summed E-state index contributed by atoms with van der Waals surface area (Å²) in [5.41, 5.74) is 4.60. The number of benzene rings is 1. The maximum absolute atomic E-state index is 9.34. The van der Waals surface area contributed by atoms with Gasteiger partial charge in [-0.05, 0) is 25.5 Å². The molecule has 2 saturated heterocycles. The molecule has 10 nitrogen and oxygen atoms in total. The van der Waals surface area contributed by atoms with Gasteiger partial charge >= 0.3 is 0 Å². The van der Waals surface area contributed by atoms with E-state index in [4.69, 9.17) is 15.0 Å². The van der Waals surface area contributed by atoms with Gasteiger partial charge in [0.15, 0.2) is 0 Å². The second-order valence-corrected chi connectivity index (χ2v) is 11.6. The van der Waals surface area contributed by atoms with E-state index in [-0.39, 0.29) is 6.61 Å². The molecule has 0 amide bonds. The van der Waals surface area contributed by atoms with Crippen LogP contribution in [0.4, 0.5) is 17.6 Å². The Morgan fingerprint density at radius 3 is 2.73 bits per heavy atom. The van der Waals surface area contributed by atoms with E-state index in [1.807, 2.05) is 50.6 Å². The molecule has 7 rings (SSSR count). The summed E-state index contributed by atoms with van der Waals surface area (Å²) >= 11 is 1.61. The molecule has 2 atom stereocenters. The third-order valence-corrected chi connectivity index (χ3v) is 8.59. The van der Waals surface area contributed by atoms with E-state index in [0.29, 0.717) is 23.7 Å². The van der Waals surface area contributed by atoms with Crippen LogP contribution in [0.25, 0.3) is 20.8 Å². The molecule has 2 fully saturated rings. The molecule has 11 heteroatoms. The van der Waals surface area contributed by atoms with Crippen LogP contribution in [-0.2, 0) is 7.05 Å². The molecule has 41 heavy (non-hydrogen) atoms. The van der Waals surface area contributed by atoms with Crippen molar-refractivity contribution in [3.63, 3.8) is 0 Å². The van der Waals surface area contributed by atoms with Gasteiger partial charge < -0.3 is 15.3 Å². The maximum Gasteiger partial charge on any atom is 0.227 e. The zero-order chi connectivity index (χ0) is 27.9. The molecule has 206 valence electrons. The first-order chi connectivity index (χ1) is 20.0. The maximum atomic E-state index is 9.34. The number of anilines is 3. The highest BCUT2D eigenvalue weighted by Gasteiger charge is 2.43. The Bertz CT molecular complexity index is 1800. The lowest BCUT2D eigenvalue weighted by Gasteiger charge is -2.34. The number of aliphatic hydroxyl groups is 1. The Balaban J connectivity index is 1.09. The lowest BCUT2D eigenvalue weighted by atomic mass is 10.1. The minimum atomic E-state index is 0.198. The minimum Gasteiger partial charge on any atom is -0.395 e. The number of thiazole rings is 1. The number of nitrogens with one attached hydrogen (secondary N) is 1. The second kappa shape index (κ2) is 10.6. The van der Waals surface area contributed by atoms with Crippen molar-refractivity contribution in [2.75, 3.05) is 36.5 Å². The third-order valence-electron chi connectivity index (χ3n) is 7.54. The van der Waals surface area contributed by atoms with Gasteiger partial charge in [0.2, 0.25) is 5.95 Å². The van der Waals surface area contributed by atoms with E-state index in [9.17, 15) is 5.11 Å². The van der Waals surface area contributed by atoms with Crippen LogP contribution < -0.4 is 10.2 Å². The molecule has 2 N–H and O–H groups in total. The number of aromatic nitrogens is 6. The van der Waals surface area contributed by atoms with Crippen LogP contribution in [0.3, 0.4) is 0 Å². The van der Waals surface area contributed by atoms with Crippen molar-refractivity contribution in [2.45, 2.75) is 25.4 Å². The summed E-state index contributed by atoms with van der Waals surface area (Å²) in [5.74, 6) is 8.53. The first kappa shape index (κ1) is 25.6. The summed E-state index contributed by atoms with van der Waals surface area (Å²) in [4.78, 5) is 23.8. The first-order valence-electron chi connectivity index (χ1n) is 13.6. The molecular formula is C30H29N9OS. The minimum absolute atomic E-state index is 0.198. The van der Waals surface area contributed by atoms with Crippen LogP contribution >= 0.6 is 11.3 Å². The molecule has 0 radical (unpaired) electrons. The highest BCUT2D eigenvalue weighted by molar-refractivity contribution is 7.21. The van der Waals surface area contributed by atoms with Gasteiger partial charge in [-0.3, -0.25) is 9.58 Å². The van der Waals surface area contributed by atoms with Gasteiger partial charge in [0.1, 0.15) is 16.6 Å². The molecule has 6 heterocycles. The predicted octanol–water partition coefficient (Wildman–Crippen LogP) is 3.59. The van der Waals surface area contributed by atoms with E-state index in [2.05, 4.69) is 49.2 Å². The number of nitrogens with zero attached hydrogens (tertiary/aromatic N) is 8. The van der Waals surface area contributed by atoms with Crippen molar-refractivity contribution in [3.05, 3.63) is 71.8 Å². The van der Waals surface area contributed by atoms with Crippen LogP contribution in [0.2, 0.25) is 0 Å². The zero-order valence-electron chi connectivity index (χ0n) is 22.8. The molecular weight excluding hydrogens is 534 g/mol. The third kappa shape index (κ3) is 5.25.